The molecule has 0 saturated carbocycles. The Labute approximate surface area is 742 Å². The summed E-state index contributed by atoms with van der Waals surface area (Å²) in [5, 5.41) is 50.2. The smallest absolute Gasteiger partial charge is 0.860 e. The molecule has 5 heterocycles. The van der Waals surface area contributed by atoms with Gasteiger partial charge in [0.25, 0.3) is 22.2 Å². The van der Waals surface area contributed by atoms with Crippen LogP contribution in [0, 0.1) is 5.92 Å². The number of H-pyrrole nitrogens is 5. The van der Waals surface area contributed by atoms with Crippen LogP contribution in [0.3, 0.4) is 0 Å². The van der Waals surface area contributed by atoms with E-state index in [4.69, 9.17) is 0 Å². The van der Waals surface area contributed by atoms with Crippen LogP contribution >= 0.6 is 0 Å². The number of barbiturate groups is 1. The summed E-state index contributed by atoms with van der Waals surface area (Å²) in [6, 6.07) is 81.7. The summed E-state index contributed by atoms with van der Waals surface area (Å²) in [6.45, 7) is 0.397. The number of para-hydroxylation sites is 1. The number of rotatable bonds is 17. The van der Waals surface area contributed by atoms with Gasteiger partial charge in [-0.25, -0.2) is 24.0 Å². The van der Waals surface area contributed by atoms with E-state index in [0.29, 0.717) is 5.69 Å². The van der Waals surface area contributed by atoms with Gasteiger partial charge >= 0.3 is 169 Å². The summed E-state index contributed by atoms with van der Waals surface area (Å²) < 4.78 is 3.29. The zero-order valence-corrected chi connectivity index (χ0v) is 70.3. The van der Waals surface area contributed by atoms with Crippen LogP contribution in [0.5, 0.6) is 23.5 Å². The fourth-order valence-corrected chi connectivity index (χ4v) is 11.3. The number of carbonyl (C=O) groups is 3. The average molecular weight is 1540 g/mol. The zero-order chi connectivity index (χ0) is 75.8. The van der Waals surface area contributed by atoms with Gasteiger partial charge in [-0.15, -0.1) is 0 Å². The van der Waals surface area contributed by atoms with Crippen molar-refractivity contribution < 1.29 is 175 Å². The topological polar surface area (TPSA) is 389 Å². The van der Waals surface area contributed by atoms with Crippen LogP contribution in [-0.2, 0) is 61.3 Å². The van der Waals surface area contributed by atoms with Gasteiger partial charge in [0, 0.05) is 53.6 Å². The second-order valence-electron chi connectivity index (χ2n) is 24.3. The third-order valence-corrected chi connectivity index (χ3v) is 16.7. The molecule has 1 fully saturated rings. The molecule has 25 nitrogen and oxygen atoms in total. The molecule has 4 aromatic heterocycles. The number of aromatic amines is 5. The molecular formula is C82H68KN10Na3O15. The number of aromatic nitrogens is 8. The van der Waals surface area contributed by atoms with Crippen molar-refractivity contribution in [1.29, 1.82) is 0 Å². The molecule has 4 amide bonds. The molecule has 13 aromatic rings. The Kier molecular flexibility index (Phi) is 36.4. The maximum absolute atomic E-state index is 13.2. The molecule has 1 atom stereocenters. The number of nitrogens with one attached hydrogen (secondary N) is 6. The van der Waals surface area contributed by atoms with E-state index in [2.05, 4.69) is 10.3 Å². The summed E-state index contributed by atoms with van der Waals surface area (Å²) in [4.78, 5) is 143. The van der Waals surface area contributed by atoms with Crippen molar-refractivity contribution in [3.05, 3.63) is 423 Å². The molecule has 0 radical (unpaired) electrons. The van der Waals surface area contributed by atoms with Crippen molar-refractivity contribution in [1.82, 2.24) is 48.8 Å². The molecule has 6 N–H and O–H groups in total. The number of carbonyl (C=O) groups excluding carboxylic acids is 3. The van der Waals surface area contributed by atoms with Crippen molar-refractivity contribution in [3.63, 3.8) is 0 Å². The molecule has 29 heteroatoms. The van der Waals surface area contributed by atoms with Crippen LogP contribution in [0.1, 0.15) is 66.8 Å². The van der Waals surface area contributed by atoms with Gasteiger partial charge < -0.3 is 35.4 Å². The van der Waals surface area contributed by atoms with Gasteiger partial charge in [0.15, 0.2) is 0 Å². The number of imide groups is 2. The normalized spacial score (nSPS) is 11.7. The molecule has 14 rings (SSSR count). The van der Waals surface area contributed by atoms with Crippen molar-refractivity contribution >= 4 is 17.8 Å². The van der Waals surface area contributed by atoms with E-state index >= 15 is 0 Å². The Morgan fingerprint density at radius 2 is 0.631 bits per heavy atom. The van der Waals surface area contributed by atoms with Crippen LogP contribution in [-0.4, -0.2) is 61.4 Å². The number of benzene rings is 9. The predicted molar refractivity (Wildman–Crippen MR) is 393 cm³/mol. The van der Waals surface area contributed by atoms with E-state index in [1.165, 1.54) is 0 Å². The fraction of sp³-hybridized carbons (Fsp3) is 0.110. The zero-order valence-electron chi connectivity index (χ0n) is 61.1. The Bertz CT molecular complexity index is 5540. The van der Waals surface area contributed by atoms with Gasteiger partial charge in [-0.1, -0.05) is 261 Å². The maximum Gasteiger partial charge on any atom is 1.00 e. The Hall–Kier alpha value is -9.85. The van der Waals surface area contributed by atoms with Gasteiger partial charge in [0.1, 0.15) is 5.92 Å². The second-order valence-corrected chi connectivity index (χ2v) is 24.3. The van der Waals surface area contributed by atoms with Crippen LogP contribution in [0.4, 0.5) is 4.79 Å². The van der Waals surface area contributed by atoms with Crippen LogP contribution < -0.4 is 211 Å². The SMILES string of the molecule is O=C1NC(=O)N(Cc2ccccc2)C(=O)C1Cc1ccccc1.O=c1[nH]c([O-])c(Cc2ccccc2)c(=O)[nH]1.O=c1[nH]c([O-])c(Cc2ccccc2)c(=O)[nH]1.O=c1[nH]c([O-])c(Cc2ccccc2)c(=O)n1Cc1ccccc1.O=c1c(Cc2ccccc2)c([O-])n(-c2ccccc2)c(=O)n1Cc1ccccc1.[K+].[Na+].[Na+].[Na+]. The summed E-state index contributed by atoms with van der Waals surface area (Å²) in [7, 11) is 0. The van der Waals surface area contributed by atoms with Crippen molar-refractivity contribution in [2.45, 2.75) is 51.7 Å². The molecule has 1 unspecified atom stereocenters. The maximum atomic E-state index is 13.2. The Morgan fingerprint density at radius 1 is 0.324 bits per heavy atom. The number of amides is 4. The molecule has 1 aliphatic heterocycles. The van der Waals surface area contributed by atoms with E-state index in [1.807, 2.05) is 269 Å². The van der Waals surface area contributed by atoms with E-state index in [0.717, 1.165) is 63.1 Å². The minimum Gasteiger partial charge on any atom is -0.860 e. The fourth-order valence-electron chi connectivity index (χ4n) is 11.3. The van der Waals surface area contributed by atoms with Crippen LogP contribution in [0.2, 0.25) is 0 Å². The molecule has 0 aliphatic carbocycles. The standard InChI is InChI=1S/C24H20N2O3.2C18H16N2O3.2C11H10N2O3.K.3Na/c27-22-21(16-18-10-4-1-5-11-18)23(28)26(20-14-8-3-9-15-20)24(29)25(22)17-19-12-6-2-7-13-19;2*21-16-15(11-13-7-3-1-4-8-13)17(22)20(18(23)19-16)12-14-9-5-2-6-10-14;2*14-9-8(10(15)13-11(16)12-9)6-7-4-2-1-3-5-7;;;;/h1-15,28H,16-17H2;1-10,21H,11-12H2,(H,19,23);1-10,15H,11-12H2,(H,19,21,23);2*1-5H,6H2,(H3,12,13,14,15,16);;;;/q;;;;;4*+1/p-4. The molecule has 9 aromatic carbocycles. The van der Waals surface area contributed by atoms with E-state index in [9.17, 15) is 73.2 Å². The Morgan fingerprint density at radius 3 is 1.01 bits per heavy atom. The van der Waals surface area contributed by atoms with Crippen molar-refractivity contribution in [2.24, 2.45) is 5.92 Å². The Balaban J connectivity index is 0.000000218. The molecule has 1 aliphatic rings. The van der Waals surface area contributed by atoms with Crippen LogP contribution in [0.25, 0.3) is 5.69 Å². The van der Waals surface area contributed by atoms with Gasteiger partial charge in [-0.2, -0.15) is 0 Å². The third-order valence-electron chi connectivity index (χ3n) is 16.7. The number of hydrogen-bond donors (Lipinski definition) is 6. The van der Waals surface area contributed by atoms with Crippen LogP contribution in [0.15, 0.2) is 311 Å². The number of hydrogen-bond acceptors (Lipinski definition) is 15. The number of urea groups is 1. The molecule has 1 saturated heterocycles. The minimum absolute atomic E-state index is 0. The predicted octanol–water partition coefficient (Wildman–Crippen LogP) is -6.44. The average Bonchev–Trinajstić information content (AvgIpc) is 0.766. The first kappa shape index (κ1) is 90.0. The summed E-state index contributed by atoms with van der Waals surface area (Å²) >= 11 is 0. The molecule has 0 spiro atoms. The minimum atomic E-state index is -0.876. The molecule has 111 heavy (non-hydrogen) atoms. The van der Waals surface area contributed by atoms with Gasteiger partial charge in [0.05, 0.1) is 19.6 Å². The van der Waals surface area contributed by atoms with E-state index in [-0.39, 0.29) is 214 Å². The van der Waals surface area contributed by atoms with Gasteiger partial charge in [-0.3, -0.25) is 62.7 Å². The first-order valence-corrected chi connectivity index (χ1v) is 33.4. The summed E-state index contributed by atoms with van der Waals surface area (Å²) in [6.07, 6.45) is 1.08. The van der Waals surface area contributed by atoms with Gasteiger partial charge in [0.2, 0.25) is 11.8 Å². The van der Waals surface area contributed by atoms with Gasteiger partial charge in [-0.05, 0) is 86.6 Å². The number of nitrogens with zero attached hydrogens (tertiary/aromatic N) is 4. The monoisotopic (exact) mass is 1540 g/mol. The quantitative estimate of drug-likeness (QED) is 0.0365. The molecule has 540 valence electrons. The van der Waals surface area contributed by atoms with Crippen molar-refractivity contribution in [3.8, 4) is 29.2 Å². The van der Waals surface area contributed by atoms with E-state index in [1.54, 1.807) is 24.3 Å². The van der Waals surface area contributed by atoms with Crippen molar-refractivity contribution in [2.75, 3.05) is 0 Å². The van der Waals surface area contributed by atoms with E-state index < -0.39 is 92.3 Å². The largest absolute Gasteiger partial charge is 1.00 e. The molecule has 0 bridgehead atoms. The third kappa shape index (κ3) is 25.6. The first-order chi connectivity index (χ1) is 51.8. The first-order valence-electron chi connectivity index (χ1n) is 33.4. The summed E-state index contributed by atoms with van der Waals surface area (Å²) in [5.41, 5.74) is 2.24. The summed E-state index contributed by atoms with van der Waals surface area (Å²) in [5.74, 6) is -4.30. The molecular weight excluding hydrogens is 1470 g/mol. The second kappa shape index (κ2) is 44.9.